The zero-order valence-electron chi connectivity index (χ0n) is 10.4. The lowest BCUT2D eigenvalue weighted by Crippen LogP contribution is -2.21. The Morgan fingerprint density at radius 2 is 2.06 bits per heavy atom. The molecule has 2 atom stereocenters. The third-order valence-corrected chi connectivity index (χ3v) is 3.73. The van der Waals surface area contributed by atoms with Crippen molar-refractivity contribution in [3.8, 4) is 0 Å². The van der Waals surface area contributed by atoms with Gasteiger partial charge < -0.3 is 5.32 Å². The third-order valence-electron chi connectivity index (χ3n) is 3.73. The first-order valence-corrected chi connectivity index (χ1v) is 6.32. The van der Waals surface area contributed by atoms with Crippen LogP contribution in [0.1, 0.15) is 30.4 Å². The van der Waals surface area contributed by atoms with Crippen molar-refractivity contribution in [2.45, 2.75) is 37.9 Å². The first-order chi connectivity index (χ1) is 8.49. The fraction of sp³-hybridized carbons (Fsp3) is 0.571. The molecule has 0 aromatic heterocycles. The fourth-order valence-corrected chi connectivity index (χ4v) is 2.73. The minimum Gasteiger partial charge on any atom is -0.317 e. The summed E-state index contributed by atoms with van der Waals surface area (Å²) >= 11 is 0. The van der Waals surface area contributed by atoms with E-state index in [1.807, 2.05) is 7.05 Å². The van der Waals surface area contributed by atoms with E-state index < -0.39 is 11.7 Å². The number of nitrogens with one attached hydrogen (secondary N) is 1. The Hall–Kier alpha value is -1.03. The molecule has 4 heteroatoms. The number of halogens is 3. The second kappa shape index (κ2) is 5.31. The summed E-state index contributed by atoms with van der Waals surface area (Å²) in [4.78, 5) is 0. The van der Waals surface area contributed by atoms with E-state index >= 15 is 0 Å². The molecule has 1 aromatic carbocycles. The van der Waals surface area contributed by atoms with Gasteiger partial charge in [-0.2, -0.15) is 13.2 Å². The Morgan fingerprint density at radius 1 is 1.28 bits per heavy atom. The third kappa shape index (κ3) is 3.25. The topological polar surface area (TPSA) is 12.0 Å². The average Bonchev–Trinajstić information content (AvgIpc) is 2.76. The lowest BCUT2D eigenvalue weighted by Gasteiger charge is -2.13. The Bertz CT molecular complexity index is 400. The molecule has 0 spiro atoms. The van der Waals surface area contributed by atoms with E-state index in [2.05, 4.69) is 5.32 Å². The lowest BCUT2D eigenvalue weighted by molar-refractivity contribution is -0.137. The van der Waals surface area contributed by atoms with E-state index in [-0.39, 0.29) is 0 Å². The van der Waals surface area contributed by atoms with Crippen molar-refractivity contribution in [3.63, 3.8) is 0 Å². The highest BCUT2D eigenvalue weighted by Gasteiger charge is 2.31. The molecule has 0 bridgehead atoms. The van der Waals surface area contributed by atoms with Crippen molar-refractivity contribution in [3.05, 3.63) is 35.4 Å². The molecular formula is C14H18F3N. The van der Waals surface area contributed by atoms with Crippen LogP contribution < -0.4 is 5.32 Å². The molecule has 2 unspecified atom stereocenters. The van der Waals surface area contributed by atoms with Crippen LogP contribution in [0.15, 0.2) is 24.3 Å². The maximum atomic E-state index is 12.6. The predicted molar refractivity (Wildman–Crippen MR) is 65.3 cm³/mol. The van der Waals surface area contributed by atoms with Crippen LogP contribution in [0, 0.1) is 5.92 Å². The number of alkyl halides is 3. The number of rotatable bonds is 3. The highest BCUT2D eigenvalue weighted by Crippen LogP contribution is 2.32. The van der Waals surface area contributed by atoms with E-state index in [4.69, 9.17) is 0 Å². The molecule has 1 N–H and O–H groups in total. The van der Waals surface area contributed by atoms with E-state index in [1.54, 1.807) is 6.07 Å². The minimum absolute atomic E-state index is 0.505. The summed E-state index contributed by atoms with van der Waals surface area (Å²) in [5, 5.41) is 3.24. The summed E-state index contributed by atoms with van der Waals surface area (Å²) in [5.41, 5.74) is 0.259. The maximum Gasteiger partial charge on any atom is 0.416 e. The van der Waals surface area contributed by atoms with Crippen LogP contribution in [0.3, 0.4) is 0 Å². The molecule has 1 aliphatic rings. The first kappa shape index (κ1) is 13.4. The highest BCUT2D eigenvalue weighted by atomic mass is 19.4. The van der Waals surface area contributed by atoms with Crippen LogP contribution >= 0.6 is 0 Å². The van der Waals surface area contributed by atoms with Gasteiger partial charge in [0.25, 0.3) is 0 Å². The Morgan fingerprint density at radius 3 is 2.67 bits per heavy atom. The van der Waals surface area contributed by atoms with Gasteiger partial charge in [0.1, 0.15) is 0 Å². The molecule has 0 aliphatic heterocycles. The highest BCUT2D eigenvalue weighted by molar-refractivity contribution is 5.26. The molecule has 1 nitrogen and oxygen atoms in total. The molecule has 18 heavy (non-hydrogen) atoms. The largest absolute Gasteiger partial charge is 0.416 e. The quantitative estimate of drug-likeness (QED) is 0.871. The van der Waals surface area contributed by atoms with Gasteiger partial charge in [0, 0.05) is 6.04 Å². The summed E-state index contributed by atoms with van der Waals surface area (Å²) in [6.07, 6.45) is -0.198. The smallest absolute Gasteiger partial charge is 0.317 e. The Balaban J connectivity index is 2.02. The predicted octanol–water partition coefficient (Wildman–Crippen LogP) is 3.64. The molecule has 0 heterocycles. The van der Waals surface area contributed by atoms with Gasteiger partial charge in [-0.3, -0.25) is 0 Å². The van der Waals surface area contributed by atoms with Crippen molar-refractivity contribution in [2.24, 2.45) is 5.92 Å². The van der Waals surface area contributed by atoms with Crippen LogP contribution in [0.5, 0.6) is 0 Å². The van der Waals surface area contributed by atoms with E-state index in [0.717, 1.165) is 37.3 Å². The molecule has 0 saturated heterocycles. The second-order valence-electron chi connectivity index (χ2n) is 5.07. The molecule has 1 fully saturated rings. The molecule has 1 aromatic rings. The molecular weight excluding hydrogens is 239 g/mol. The summed E-state index contributed by atoms with van der Waals surface area (Å²) in [7, 11) is 1.94. The van der Waals surface area contributed by atoms with Gasteiger partial charge in [-0.1, -0.05) is 18.2 Å². The summed E-state index contributed by atoms with van der Waals surface area (Å²) in [6.45, 7) is 0. The average molecular weight is 257 g/mol. The van der Waals surface area contributed by atoms with Gasteiger partial charge in [0.15, 0.2) is 0 Å². The zero-order chi connectivity index (χ0) is 13.2. The summed E-state index contributed by atoms with van der Waals surface area (Å²) < 4.78 is 37.8. The van der Waals surface area contributed by atoms with Crippen LogP contribution in [0.25, 0.3) is 0 Å². The SMILES string of the molecule is CNC1CCC(Cc2cccc(C(F)(F)F)c2)C1. The van der Waals surface area contributed by atoms with Gasteiger partial charge in [-0.05, 0) is 50.3 Å². The zero-order valence-corrected chi connectivity index (χ0v) is 10.4. The van der Waals surface area contributed by atoms with Crippen molar-refractivity contribution in [2.75, 3.05) is 7.05 Å². The van der Waals surface area contributed by atoms with Crippen molar-refractivity contribution < 1.29 is 13.2 Å². The van der Waals surface area contributed by atoms with Crippen LogP contribution in [-0.2, 0) is 12.6 Å². The molecule has 100 valence electrons. The number of hydrogen-bond donors (Lipinski definition) is 1. The van der Waals surface area contributed by atoms with E-state index in [0.29, 0.717) is 12.0 Å². The van der Waals surface area contributed by atoms with E-state index in [1.165, 1.54) is 12.1 Å². The second-order valence-corrected chi connectivity index (χ2v) is 5.07. The van der Waals surface area contributed by atoms with Crippen molar-refractivity contribution in [1.82, 2.24) is 5.32 Å². The maximum absolute atomic E-state index is 12.6. The number of benzene rings is 1. The van der Waals surface area contributed by atoms with Crippen molar-refractivity contribution in [1.29, 1.82) is 0 Å². The van der Waals surface area contributed by atoms with Crippen LogP contribution in [-0.4, -0.2) is 13.1 Å². The van der Waals surface area contributed by atoms with Crippen LogP contribution in [0.4, 0.5) is 13.2 Å². The lowest BCUT2D eigenvalue weighted by atomic mass is 9.96. The molecule has 2 rings (SSSR count). The minimum atomic E-state index is -4.24. The van der Waals surface area contributed by atoms with E-state index in [9.17, 15) is 13.2 Å². The van der Waals surface area contributed by atoms with Gasteiger partial charge in [0.05, 0.1) is 5.56 Å². The van der Waals surface area contributed by atoms with Gasteiger partial charge in [-0.15, -0.1) is 0 Å². The first-order valence-electron chi connectivity index (χ1n) is 6.32. The summed E-state index contributed by atoms with van der Waals surface area (Å²) in [5.74, 6) is 0.505. The Labute approximate surface area is 105 Å². The van der Waals surface area contributed by atoms with Crippen LogP contribution in [0.2, 0.25) is 0 Å². The van der Waals surface area contributed by atoms with Crippen molar-refractivity contribution >= 4 is 0 Å². The molecule has 1 saturated carbocycles. The van der Waals surface area contributed by atoms with Gasteiger partial charge >= 0.3 is 6.18 Å². The fourth-order valence-electron chi connectivity index (χ4n) is 2.73. The molecule has 0 radical (unpaired) electrons. The Kier molecular flexibility index (Phi) is 3.95. The standard InChI is InChI=1S/C14H18F3N/c1-18-13-6-5-11(9-13)7-10-3-2-4-12(8-10)14(15,16)17/h2-4,8,11,13,18H,5-7,9H2,1H3. The molecule has 1 aliphatic carbocycles. The van der Waals surface area contributed by atoms with Gasteiger partial charge in [0.2, 0.25) is 0 Å². The number of hydrogen-bond acceptors (Lipinski definition) is 1. The molecule has 0 amide bonds. The van der Waals surface area contributed by atoms with Gasteiger partial charge in [-0.25, -0.2) is 0 Å². The normalized spacial score (nSPS) is 24.4. The monoisotopic (exact) mass is 257 g/mol. The summed E-state index contributed by atoms with van der Waals surface area (Å²) in [6, 6.07) is 6.24.